The first-order chi connectivity index (χ1) is 11.6. The molecular weight excluding hydrogens is 476 g/mol. The average molecular weight is 488 g/mol. The van der Waals surface area contributed by atoms with Crippen molar-refractivity contribution in [1.82, 2.24) is 4.98 Å². The van der Waals surface area contributed by atoms with E-state index in [1.165, 1.54) is 11.8 Å². The number of furan rings is 1. The molecular formula is C16H12Br2N2O2S2. The zero-order chi connectivity index (χ0) is 16.9. The highest BCUT2D eigenvalue weighted by Gasteiger charge is 2.09. The number of nitrogens with zero attached hydrogens (tertiary/aromatic N) is 1. The van der Waals surface area contributed by atoms with E-state index in [9.17, 15) is 4.79 Å². The van der Waals surface area contributed by atoms with Crippen molar-refractivity contribution in [2.45, 2.75) is 5.75 Å². The van der Waals surface area contributed by atoms with Gasteiger partial charge in [0, 0.05) is 20.1 Å². The van der Waals surface area contributed by atoms with E-state index in [0.717, 1.165) is 31.1 Å². The van der Waals surface area contributed by atoms with E-state index < -0.39 is 0 Å². The molecule has 0 aliphatic rings. The molecule has 3 aromatic rings. The maximum Gasteiger partial charge on any atom is 0.234 e. The van der Waals surface area contributed by atoms with E-state index in [0.29, 0.717) is 11.5 Å². The molecule has 1 N–H and O–H groups in total. The first kappa shape index (κ1) is 17.7. The van der Waals surface area contributed by atoms with Crippen molar-refractivity contribution in [2.24, 2.45) is 0 Å². The maximum atomic E-state index is 12.0. The number of thiazole rings is 1. The number of nitrogens with one attached hydrogen (secondary N) is 1. The number of amides is 1. The zero-order valence-electron chi connectivity index (χ0n) is 12.3. The van der Waals surface area contributed by atoms with Gasteiger partial charge in [-0.2, -0.15) is 0 Å². The molecule has 0 aliphatic carbocycles. The Bertz CT molecular complexity index is 834. The molecule has 0 atom stereocenters. The summed E-state index contributed by atoms with van der Waals surface area (Å²) in [4.78, 5) is 16.6. The van der Waals surface area contributed by atoms with Crippen molar-refractivity contribution in [1.29, 1.82) is 0 Å². The Morgan fingerprint density at radius 1 is 1.33 bits per heavy atom. The SMILES string of the molecule is O=C(CSCc1csc(-c2ccco2)n1)Nc1ccc(Br)cc1Br. The number of carbonyl (C=O) groups excluding carboxylic acids is 1. The zero-order valence-corrected chi connectivity index (χ0v) is 17.1. The second kappa shape index (κ2) is 8.33. The van der Waals surface area contributed by atoms with E-state index in [1.807, 2.05) is 35.7 Å². The van der Waals surface area contributed by atoms with Gasteiger partial charge in [0.1, 0.15) is 0 Å². The van der Waals surface area contributed by atoms with Gasteiger partial charge in [-0.1, -0.05) is 15.9 Å². The quantitative estimate of drug-likeness (QED) is 0.477. The molecule has 2 aromatic heterocycles. The number of halogens is 2. The van der Waals surface area contributed by atoms with Crippen LogP contribution in [0.15, 0.2) is 55.3 Å². The summed E-state index contributed by atoms with van der Waals surface area (Å²) in [6.45, 7) is 0. The van der Waals surface area contributed by atoms with Crippen LogP contribution in [0.1, 0.15) is 5.69 Å². The second-order valence-corrected chi connectivity index (χ2v) is 8.40. The maximum absolute atomic E-state index is 12.0. The van der Waals surface area contributed by atoms with Crippen molar-refractivity contribution in [3.63, 3.8) is 0 Å². The Labute approximate surface area is 164 Å². The van der Waals surface area contributed by atoms with Crippen LogP contribution < -0.4 is 5.32 Å². The summed E-state index contributed by atoms with van der Waals surface area (Å²) in [6, 6.07) is 9.37. The Morgan fingerprint density at radius 3 is 2.96 bits per heavy atom. The lowest BCUT2D eigenvalue weighted by atomic mass is 10.3. The topological polar surface area (TPSA) is 55.1 Å². The van der Waals surface area contributed by atoms with Crippen LogP contribution in [-0.2, 0) is 10.5 Å². The number of anilines is 1. The normalized spacial score (nSPS) is 10.8. The minimum absolute atomic E-state index is 0.0375. The van der Waals surface area contributed by atoms with E-state index in [2.05, 4.69) is 42.2 Å². The molecule has 4 nitrogen and oxygen atoms in total. The monoisotopic (exact) mass is 486 g/mol. The number of thioether (sulfide) groups is 1. The molecule has 24 heavy (non-hydrogen) atoms. The van der Waals surface area contributed by atoms with Crippen LogP contribution in [0.5, 0.6) is 0 Å². The molecule has 0 bridgehead atoms. The highest BCUT2D eigenvalue weighted by atomic mass is 79.9. The highest BCUT2D eigenvalue weighted by Crippen LogP contribution is 2.27. The molecule has 0 saturated heterocycles. The van der Waals surface area contributed by atoms with Gasteiger partial charge < -0.3 is 9.73 Å². The molecule has 0 spiro atoms. The van der Waals surface area contributed by atoms with Crippen LogP contribution in [0.2, 0.25) is 0 Å². The fraction of sp³-hybridized carbons (Fsp3) is 0.125. The number of rotatable bonds is 6. The largest absolute Gasteiger partial charge is 0.462 e. The fourth-order valence-corrected chi connectivity index (χ4v) is 4.67. The van der Waals surface area contributed by atoms with Crippen molar-refractivity contribution in [3.05, 3.63) is 56.6 Å². The highest BCUT2D eigenvalue weighted by molar-refractivity contribution is 9.11. The van der Waals surface area contributed by atoms with Crippen LogP contribution >= 0.6 is 55.0 Å². The summed E-state index contributed by atoms with van der Waals surface area (Å²) < 4.78 is 7.13. The summed E-state index contributed by atoms with van der Waals surface area (Å²) in [7, 11) is 0. The van der Waals surface area contributed by atoms with Gasteiger partial charge in [0.25, 0.3) is 0 Å². The van der Waals surface area contributed by atoms with E-state index in [1.54, 1.807) is 17.6 Å². The first-order valence-electron chi connectivity index (χ1n) is 6.93. The van der Waals surface area contributed by atoms with Gasteiger partial charge in [-0.25, -0.2) is 4.98 Å². The summed E-state index contributed by atoms with van der Waals surface area (Å²) in [5.74, 6) is 1.79. The Hall–Kier alpha value is -1.09. The molecule has 124 valence electrons. The molecule has 8 heteroatoms. The summed E-state index contributed by atoms with van der Waals surface area (Å²) in [5.41, 5.74) is 1.71. The third-order valence-corrected chi connectivity index (χ3v) is 5.99. The minimum atomic E-state index is -0.0375. The number of aromatic nitrogens is 1. The number of hydrogen-bond acceptors (Lipinski definition) is 5. The lowest BCUT2D eigenvalue weighted by molar-refractivity contribution is -0.113. The van der Waals surface area contributed by atoms with Gasteiger partial charge in [-0.3, -0.25) is 4.79 Å². The standard InChI is InChI=1S/C16H12Br2N2O2S2/c17-10-3-4-13(12(18)6-10)20-15(21)9-23-7-11-8-24-16(19-11)14-2-1-5-22-14/h1-6,8H,7,9H2,(H,20,21). The van der Waals surface area contributed by atoms with Gasteiger partial charge in [0.05, 0.1) is 23.4 Å². The lowest BCUT2D eigenvalue weighted by Gasteiger charge is -2.07. The van der Waals surface area contributed by atoms with Gasteiger partial charge in [-0.15, -0.1) is 23.1 Å². The van der Waals surface area contributed by atoms with Gasteiger partial charge in [0.2, 0.25) is 5.91 Å². The second-order valence-electron chi connectivity index (χ2n) is 4.79. The molecule has 0 radical (unpaired) electrons. The van der Waals surface area contributed by atoms with Gasteiger partial charge in [0.15, 0.2) is 10.8 Å². The van der Waals surface area contributed by atoms with Gasteiger partial charge in [-0.05, 0) is 46.3 Å². The molecule has 0 saturated carbocycles. The predicted molar refractivity (Wildman–Crippen MR) is 106 cm³/mol. The average Bonchev–Trinajstić information content (AvgIpc) is 3.21. The van der Waals surface area contributed by atoms with Crippen molar-refractivity contribution in [2.75, 3.05) is 11.1 Å². The van der Waals surface area contributed by atoms with Crippen LogP contribution in [0.25, 0.3) is 10.8 Å². The third-order valence-electron chi connectivity index (χ3n) is 2.97. The minimum Gasteiger partial charge on any atom is -0.462 e. The molecule has 2 heterocycles. The van der Waals surface area contributed by atoms with Crippen LogP contribution in [0.4, 0.5) is 5.69 Å². The van der Waals surface area contributed by atoms with E-state index >= 15 is 0 Å². The van der Waals surface area contributed by atoms with Gasteiger partial charge >= 0.3 is 0 Å². The summed E-state index contributed by atoms with van der Waals surface area (Å²) in [5, 5.41) is 5.75. The Morgan fingerprint density at radius 2 is 2.21 bits per heavy atom. The Kier molecular flexibility index (Phi) is 6.15. The number of hydrogen-bond donors (Lipinski definition) is 1. The smallest absolute Gasteiger partial charge is 0.234 e. The molecule has 0 unspecified atom stereocenters. The van der Waals surface area contributed by atoms with E-state index in [4.69, 9.17) is 4.42 Å². The molecule has 3 rings (SSSR count). The first-order valence-corrected chi connectivity index (χ1v) is 10.5. The summed E-state index contributed by atoms with van der Waals surface area (Å²) >= 11 is 9.89. The molecule has 0 aliphatic heterocycles. The number of benzene rings is 1. The fourth-order valence-electron chi connectivity index (χ4n) is 1.91. The predicted octanol–water partition coefficient (Wildman–Crippen LogP) is 5.80. The van der Waals surface area contributed by atoms with Crippen LogP contribution in [0, 0.1) is 0 Å². The lowest BCUT2D eigenvalue weighted by Crippen LogP contribution is -2.14. The Balaban J connectivity index is 1.48. The van der Waals surface area contributed by atoms with Crippen molar-refractivity contribution < 1.29 is 9.21 Å². The van der Waals surface area contributed by atoms with E-state index in [-0.39, 0.29) is 5.91 Å². The molecule has 0 fully saturated rings. The number of carbonyl (C=O) groups is 1. The van der Waals surface area contributed by atoms with Crippen LogP contribution in [0.3, 0.4) is 0 Å². The molecule has 1 amide bonds. The van der Waals surface area contributed by atoms with Crippen LogP contribution in [-0.4, -0.2) is 16.6 Å². The summed E-state index contributed by atoms with van der Waals surface area (Å²) in [6.07, 6.45) is 1.63. The van der Waals surface area contributed by atoms with Crippen molar-refractivity contribution in [3.8, 4) is 10.8 Å². The molecule has 1 aromatic carbocycles. The van der Waals surface area contributed by atoms with Crippen molar-refractivity contribution >= 4 is 66.6 Å². The third kappa shape index (κ3) is 4.72.